The summed E-state index contributed by atoms with van der Waals surface area (Å²) in [6.45, 7) is 0. The molecule has 0 atom stereocenters. The Bertz CT molecular complexity index is 965. The molecule has 0 aliphatic heterocycles. The molecular formula is C12H9Cl2N5O2. The molecule has 2 aromatic heterocycles. The molecule has 1 aromatic carbocycles. The maximum Gasteiger partial charge on any atom is 0.332 e. The van der Waals surface area contributed by atoms with E-state index in [4.69, 9.17) is 23.2 Å². The van der Waals surface area contributed by atoms with Gasteiger partial charge in [-0.15, -0.1) is 15.0 Å². The summed E-state index contributed by atoms with van der Waals surface area (Å²) in [7, 11) is 2.89. The molecule has 0 saturated heterocycles. The molecule has 0 radical (unpaired) electrons. The fourth-order valence-electron chi connectivity index (χ4n) is 2.00. The van der Waals surface area contributed by atoms with Crippen LogP contribution in [0.15, 0.2) is 27.8 Å². The van der Waals surface area contributed by atoms with E-state index in [0.717, 1.165) is 9.36 Å². The molecule has 108 valence electrons. The molecule has 0 amide bonds. The van der Waals surface area contributed by atoms with Crippen LogP contribution in [0.1, 0.15) is 0 Å². The van der Waals surface area contributed by atoms with Gasteiger partial charge in [0, 0.05) is 14.1 Å². The van der Waals surface area contributed by atoms with Gasteiger partial charge in [0.05, 0.1) is 10.0 Å². The van der Waals surface area contributed by atoms with Crippen molar-refractivity contribution in [2.24, 2.45) is 14.1 Å². The van der Waals surface area contributed by atoms with Gasteiger partial charge in [-0.05, 0) is 12.1 Å². The van der Waals surface area contributed by atoms with Gasteiger partial charge in [-0.1, -0.05) is 29.3 Å². The molecule has 2 heterocycles. The van der Waals surface area contributed by atoms with E-state index in [1.807, 2.05) is 0 Å². The lowest BCUT2D eigenvalue weighted by Gasteiger charge is -2.03. The zero-order valence-electron chi connectivity index (χ0n) is 11.0. The maximum atomic E-state index is 12.1. The van der Waals surface area contributed by atoms with Crippen molar-refractivity contribution in [1.82, 2.24) is 24.1 Å². The van der Waals surface area contributed by atoms with E-state index in [2.05, 4.69) is 10.2 Å². The third kappa shape index (κ3) is 1.97. The molecular weight excluding hydrogens is 317 g/mol. The van der Waals surface area contributed by atoms with Crippen molar-refractivity contribution in [2.75, 3.05) is 0 Å². The quantitative estimate of drug-likeness (QED) is 0.672. The van der Waals surface area contributed by atoms with Gasteiger partial charge in [-0.3, -0.25) is 13.9 Å². The minimum absolute atomic E-state index is 0.0654. The number of rotatable bonds is 1. The van der Waals surface area contributed by atoms with Crippen LogP contribution < -0.4 is 11.2 Å². The van der Waals surface area contributed by atoms with Crippen LogP contribution in [0.5, 0.6) is 0 Å². The van der Waals surface area contributed by atoms with Gasteiger partial charge in [0.2, 0.25) is 0 Å². The zero-order valence-corrected chi connectivity index (χ0v) is 12.6. The van der Waals surface area contributed by atoms with Gasteiger partial charge < -0.3 is 0 Å². The molecule has 0 aliphatic carbocycles. The number of fused-ring (bicyclic) bond motifs is 1. The first-order chi connectivity index (χ1) is 9.91. The lowest BCUT2D eigenvalue weighted by Crippen LogP contribution is -2.36. The summed E-state index contributed by atoms with van der Waals surface area (Å²) < 4.78 is 2.21. The topological polar surface area (TPSA) is 74.7 Å². The van der Waals surface area contributed by atoms with E-state index < -0.39 is 11.2 Å². The van der Waals surface area contributed by atoms with Crippen molar-refractivity contribution in [1.29, 1.82) is 0 Å². The largest absolute Gasteiger partial charge is 0.332 e. The van der Waals surface area contributed by atoms with Gasteiger partial charge in [-0.25, -0.2) is 4.79 Å². The van der Waals surface area contributed by atoms with Crippen molar-refractivity contribution in [3.8, 4) is 5.69 Å². The number of hydrogen-bond donors (Lipinski definition) is 0. The van der Waals surface area contributed by atoms with Crippen molar-refractivity contribution >= 4 is 34.4 Å². The lowest BCUT2D eigenvalue weighted by atomic mass is 10.3. The molecule has 3 aromatic rings. The molecule has 0 bridgehead atoms. The Morgan fingerprint density at radius 2 is 1.62 bits per heavy atom. The standard InChI is InChI=1S/C12H9Cl2N5O2/c1-17-10-8(11(20)18(2)12(17)21)15-19(16-10)9-6(13)4-3-5-7(9)14/h3-5H,1-2H3. The number of nitrogens with zero attached hydrogens (tertiary/aromatic N) is 5. The van der Waals surface area contributed by atoms with Gasteiger partial charge in [0.1, 0.15) is 5.69 Å². The average molecular weight is 326 g/mol. The monoisotopic (exact) mass is 325 g/mol. The highest BCUT2D eigenvalue weighted by Gasteiger charge is 2.17. The SMILES string of the molecule is Cn1c(=O)c2nn(-c3c(Cl)cccc3Cl)nc2n(C)c1=O. The lowest BCUT2D eigenvalue weighted by molar-refractivity contribution is 0.705. The molecule has 0 fully saturated rings. The Balaban J connectivity index is 2.43. The predicted molar refractivity (Wildman–Crippen MR) is 79.4 cm³/mol. The van der Waals surface area contributed by atoms with E-state index in [1.54, 1.807) is 18.2 Å². The first-order valence-corrected chi connectivity index (χ1v) is 6.65. The molecule has 3 rings (SSSR count). The fourth-order valence-corrected chi connectivity index (χ4v) is 2.55. The number of aromatic nitrogens is 5. The molecule has 9 heteroatoms. The molecule has 0 spiro atoms. The van der Waals surface area contributed by atoms with Crippen LogP contribution in [0.4, 0.5) is 0 Å². The Morgan fingerprint density at radius 3 is 2.24 bits per heavy atom. The van der Waals surface area contributed by atoms with Crippen LogP contribution in [-0.2, 0) is 14.1 Å². The number of aryl methyl sites for hydroxylation is 1. The van der Waals surface area contributed by atoms with Crippen molar-refractivity contribution in [2.45, 2.75) is 0 Å². The Hall–Kier alpha value is -2.12. The Morgan fingerprint density at radius 1 is 1.00 bits per heavy atom. The van der Waals surface area contributed by atoms with E-state index >= 15 is 0 Å². The first-order valence-electron chi connectivity index (χ1n) is 5.89. The third-order valence-corrected chi connectivity index (χ3v) is 3.74. The minimum Gasteiger partial charge on any atom is -0.278 e. The van der Waals surface area contributed by atoms with Crippen LogP contribution in [0.2, 0.25) is 10.0 Å². The average Bonchev–Trinajstić information content (AvgIpc) is 2.88. The van der Waals surface area contributed by atoms with E-state index in [9.17, 15) is 9.59 Å². The predicted octanol–water partition coefficient (Wildman–Crippen LogP) is 1.12. The number of halogens is 2. The molecule has 21 heavy (non-hydrogen) atoms. The van der Waals surface area contributed by atoms with Gasteiger partial charge in [-0.2, -0.15) is 0 Å². The van der Waals surface area contributed by atoms with Gasteiger partial charge in [0.15, 0.2) is 11.2 Å². The summed E-state index contributed by atoms with van der Waals surface area (Å²) >= 11 is 12.2. The Kier molecular flexibility index (Phi) is 3.11. The number of benzene rings is 1. The summed E-state index contributed by atoms with van der Waals surface area (Å²) in [6.07, 6.45) is 0. The summed E-state index contributed by atoms with van der Waals surface area (Å²) in [5.41, 5.74) is -0.423. The highest BCUT2D eigenvalue weighted by molar-refractivity contribution is 6.37. The summed E-state index contributed by atoms with van der Waals surface area (Å²) in [5.74, 6) is 0. The summed E-state index contributed by atoms with van der Waals surface area (Å²) in [6, 6.07) is 4.95. The van der Waals surface area contributed by atoms with E-state index in [0.29, 0.717) is 15.7 Å². The van der Waals surface area contributed by atoms with Crippen LogP contribution in [0.3, 0.4) is 0 Å². The molecule has 0 aliphatic rings. The van der Waals surface area contributed by atoms with Crippen molar-refractivity contribution in [3.05, 3.63) is 49.1 Å². The number of para-hydroxylation sites is 1. The fraction of sp³-hybridized carbons (Fsp3) is 0.167. The van der Waals surface area contributed by atoms with Crippen LogP contribution in [0.25, 0.3) is 16.9 Å². The Labute approximate surface area is 127 Å². The van der Waals surface area contributed by atoms with Gasteiger partial charge in [0.25, 0.3) is 5.56 Å². The van der Waals surface area contributed by atoms with E-state index in [1.165, 1.54) is 18.7 Å². The molecule has 0 unspecified atom stereocenters. The number of hydrogen-bond acceptors (Lipinski definition) is 4. The van der Waals surface area contributed by atoms with Crippen LogP contribution in [-0.4, -0.2) is 24.1 Å². The highest BCUT2D eigenvalue weighted by atomic mass is 35.5. The van der Waals surface area contributed by atoms with Gasteiger partial charge >= 0.3 is 5.69 Å². The maximum absolute atomic E-state index is 12.1. The van der Waals surface area contributed by atoms with Crippen molar-refractivity contribution < 1.29 is 0 Å². The highest BCUT2D eigenvalue weighted by Crippen LogP contribution is 2.27. The molecule has 0 saturated carbocycles. The zero-order chi connectivity index (χ0) is 15.3. The second-order valence-electron chi connectivity index (χ2n) is 4.44. The second-order valence-corrected chi connectivity index (χ2v) is 5.25. The first kappa shape index (κ1) is 13.8. The second kappa shape index (κ2) is 4.71. The summed E-state index contributed by atoms with van der Waals surface area (Å²) in [4.78, 5) is 25.1. The molecule has 0 N–H and O–H groups in total. The van der Waals surface area contributed by atoms with Crippen LogP contribution >= 0.6 is 23.2 Å². The van der Waals surface area contributed by atoms with Crippen molar-refractivity contribution in [3.63, 3.8) is 0 Å². The summed E-state index contributed by atoms with van der Waals surface area (Å²) in [5, 5.41) is 8.94. The van der Waals surface area contributed by atoms with E-state index in [-0.39, 0.29) is 11.2 Å². The minimum atomic E-state index is -0.525. The van der Waals surface area contributed by atoms with Crippen LogP contribution in [0, 0.1) is 0 Å². The normalized spacial score (nSPS) is 11.2. The third-order valence-electron chi connectivity index (χ3n) is 3.13. The molecule has 7 nitrogen and oxygen atoms in total. The smallest absolute Gasteiger partial charge is 0.278 e.